The molecule has 0 unspecified atom stereocenters. The van der Waals surface area contributed by atoms with Crippen LogP contribution in [0.1, 0.15) is 59.3 Å². The van der Waals surface area contributed by atoms with Gasteiger partial charge in [-0.15, -0.1) is 21.9 Å². The van der Waals surface area contributed by atoms with Gasteiger partial charge in [-0.05, 0) is 19.3 Å². The van der Waals surface area contributed by atoms with Crippen LogP contribution in [0.3, 0.4) is 0 Å². The number of nitrogens with one attached hydrogen (secondary N) is 1. The second kappa shape index (κ2) is 18.4. The zero-order valence-electron chi connectivity index (χ0n) is 28.8. The first kappa shape index (κ1) is 44.2. The number of hydrogen-bond donors (Lipinski definition) is 1. The first-order valence-corrected chi connectivity index (χ1v) is 16.7. The maximum atomic E-state index is 15.3. The number of hydrogen-bond acceptors (Lipinski definition) is 0. The largest absolute Gasteiger partial charge is 0.335 e. The second-order valence-electron chi connectivity index (χ2n) is 12.5. The molecule has 0 radical (unpaired) electrons. The van der Waals surface area contributed by atoms with Crippen LogP contribution in [-0.4, -0.2) is 25.8 Å². The van der Waals surface area contributed by atoms with E-state index in [1.807, 2.05) is 4.90 Å². The van der Waals surface area contributed by atoms with Gasteiger partial charge in [0, 0.05) is 24.3 Å². The first-order chi connectivity index (χ1) is 25.3. The van der Waals surface area contributed by atoms with E-state index in [4.69, 9.17) is 0 Å². The van der Waals surface area contributed by atoms with Gasteiger partial charge >= 0.3 is 0 Å². The summed E-state index contributed by atoms with van der Waals surface area (Å²) in [5, 5.41) is 0. The second-order valence-corrected chi connectivity index (χ2v) is 12.5. The molecule has 0 heterocycles. The van der Waals surface area contributed by atoms with Crippen molar-refractivity contribution in [3.05, 3.63) is 117 Å². The predicted octanol–water partition coefficient (Wildman–Crippen LogP) is 7.56. The van der Waals surface area contributed by atoms with Crippen LogP contribution in [0, 0.1) is 93.1 Å². The highest BCUT2D eigenvalue weighted by Crippen LogP contribution is 2.27. The maximum Gasteiger partial charge on any atom is 0.191 e. The number of rotatable bonds is 13. The lowest BCUT2D eigenvalue weighted by molar-refractivity contribution is -0.900. The molecular formula is C36H32BF16N. The molecule has 0 aliphatic rings. The zero-order chi connectivity index (χ0) is 40.8. The molecule has 0 atom stereocenters. The summed E-state index contributed by atoms with van der Waals surface area (Å²) in [7, 11) is 0. The van der Waals surface area contributed by atoms with E-state index in [1.165, 1.54) is 58.2 Å². The van der Waals surface area contributed by atoms with Crippen molar-refractivity contribution in [2.24, 2.45) is 0 Å². The van der Waals surface area contributed by atoms with E-state index in [1.54, 1.807) is 0 Å². The summed E-state index contributed by atoms with van der Waals surface area (Å²) in [6.45, 7) is 11.1. The molecule has 0 bridgehead atoms. The third-order valence-corrected chi connectivity index (χ3v) is 8.98. The summed E-state index contributed by atoms with van der Waals surface area (Å²) in [6, 6.07) is -2.92. The monoisotopic (exact) mass is 793 g/mol. The highest BCUT2D eigenvalue weighted by Gasteiger charge is 2.49. The lowest BCUT2D eigenvalue weighted by atomic mass is 9.12. The van der Waals surface area contributed by atoms with E-state index in [-0.39, 0.29) is 0 Å². The Morgan fingerprint density at radius 3 is 0.722 bits per heavy atom. The quantitative estimate of drug-likeness (QED) is 0.0618. The lowest BCUT2D eigenvalue weighted by Crippen LogP contribution is -3.12. The molecule has 18 heteroatoms. The van der Waals surface area contributed by atoms with E-state index in [9.17, 15) is 35.1 Å². The van der Waals surface area contributed by atoms with E-state index in [0.717, 1.165) is 0 Å². The van der Waals surface area contributed by atoms with E-state index in [2.05, 4.69) is 20.8 Å². The minimum Gasteiger partial charge on any atom is -0.335 e. The van der Waals surface area contributed by atoms with Crippen molar-refractivity contribution < 1.29 is 75.1 Å². The maximum absolute atomic E-state index is 15.3. The van der Waals surface area contributed by atoms with Crippen molar-refractivity contribution in [2.75, 3.05) is 19.6 Å². The molecule has 296 valence electrons. The summed E-state index contributed by atoms with van der Waals surface area (Å²) in [6.07, 6.45) is 2.08. The normalized spacial score (nSPS) is 11.7. The Morgan fingerprint density at radius 1 is 0.333 bits per heavy atom. The molecule has 0 saturated heterocycles. The Balaban J connectivity index is 0.000000515. The summed E-state index contributed by atoms with van der Waals surface area (Å²) in [5.74, 6) is -45.1. The Labute approximate surface area is 299 Å². The molecule has 0 amide bonds. The SMILES string of the molecule is CCCC[NH+](CCCC)CCCC.Fc1cc(F)c([B-](c2c(F)cc(F)c(F)c2F)(c2c(F)cc(F)c(F)c2F)c2c(F)cc(F)c(F)c2F)c(F)c1F. The molecule has 4 rings (SSSR count). The Hall–Kier alpha value is -4.22. The topological polar surface area (TPSA) is 4.44 Å². The fraction of sp³-hybridized carbons (Fsp3) is 0.333. The minimum atomic E-state index is -6.18. The third-order valence-electron chi connectivity index (χ3n) is 8.98. The molecule has 4 aromatic rings. The van der Waals surface area contributed by atoms with Crippen LogP contribution in [0.4, 0.5) is 70.2 Å². The van der Waals surface area contributed by atoms with Gasteiger partial charge in [0.1, 0.15) is 29.4 Å². The van der Waals surface area contributed by atoms with Gasteiger partial charge in [-0.1, -0.05) is 40.0 Å². The summed E-state index contributed by atoms with van der Waals surface area (Å²) in [4.78, 5) is 1.84. The molecule has 0 fully saturated rings. The van der Waals surface area contributed by atoms with Crippen LogP contribution >= 0.6 is 0 Å². The van der Waals surface area contributed by atoms with Crippen LogP contribution in [0.15, 0.2) is 24.3 Å². The molecule has 1 nitrogen and oxygen atoms in total. The lowest BCUT2D eigenvalue weighted by Gasteiger charge is -2.44. The molecule has 4 aromatic carbocycles. The van der Waals surface area contributed by atoms with Crippen molar-refractivity contribution >= 4 is 28.0 Å². The summed E-state index contributed by atoms with van der Waals surface area (Å²) in [5.41, 5.74) is -10.9. The van der Waals surface area contributed by atoms with Crippen LogP contribution in [0.25, 0.3) is 0 Å². The minimum absolute atomic E-state index is 0.731. The van der Waals surface area contributed by atoms with Gasteiger partial charge in [-0.25, -0.2) is 70.2 Å². The number of quaternary nitrogens is 1. The van der Waals surface area contributed by atoms with Crippen molar-refractivity contribution in [1.29, 1.82) is 0 Å². The highest BCUT2D eigenvalue weighted by molar-refractivity contribution is 7.20. The third kappa shape index (κ3) is 8.37. The van der Waals surface area contributed by atoms with Crippen LogP contribution in [0.2, 0.25) is 0 Å². The van der Waals surface area contributed by atoms with E-state index >= 15 is 35.1 Å². The average Bonchev–Trinajstić information content (AvgIpc) is 3.11. The van der Waals surface area contributed by atoms with Crippen molar-refractivity contribution in [3.63, 3.8) is 0 Å². The number of unbranched alkanes of at least 4 members (excludes halogenated alkanes) is 3. The summed E-state index contributed by atoms with van der Waals surface area (Å²) >= 11 is 0. The highest BCUT2D eigenvalue weighted by atomic mass is 19.2. The van der Waals surface area contributed by atoms with Crippen LogP contribution < -0.4 is 26.8 Å². The van der Waals surface area contributed by atoms with Gasteiger partial charge in [0.05, 0.1) is 42.9 Å². The van der Waals surface area contributed by atoms with Gasteiger partial charge in [0.25, 0.3) is 0 Å². The van der Waals surface area contributed by atoms with Gasteiger partial charge < -0.3 is 4.90 Å². The molecule has 0 aliphatic carbocycles. The molecule has 0 saturated carbocycles. The standard InChI is InChI=1S/C24H4BF16.C12H27N/c26-5-1-9(30)17(34)21(38)13(5)25(14-6(27)2-10(31)18(35)22(14)39,15-7(28)3-11(32)19(36)23(15)40)16-8(29)4-12(33)20(37)24(16)41;1-4-7-10-13(11-8-5-2)12-9-6-3/h1-4H;4-12H2,1-3H3/q-1;/p+1. The number of halogens is 16. The number of benzene rings is 4. The Morgan fingerprint density at radius 2 is 0.537 bits per heavy atom. The smallest absolute Gasteiger partial charge is 0.191 e. The summed E-state index contributed by atoms with van der Waals surface area (Å²) < 4.78 is 235. The van der Waals surface area contributed by atoms with E-state index < -0.39 is 145 Å². The fourth-order valence-corrected chi connectivity index (χ4v) is 6.43. The average molecular weight is 793 g/mol. The molecule has 0 aromatic heterocycles. The van der Waals surface area contributed by atoms with Crippen molar-refractivity contribution in [2.45, 2.75) is 59.3 Å². The molecule has 1 N–H and O–H groups in total. The zero-order valence-corrected chi connectivity index (χ0v) is 28.8. The van der Waals surface area contributed by atoms with Crippen LogP contribution in [0.5, 0.6) is 0 Å². The fourth-order valence-electron chi connectivity index (χ4n) is 6.43. The first-order valence-electron chi connectivity index (χ1n) is 16.7. The molecule has 0 spiro atoms. The van der Waals surface area contributed by atoms with Gasteiger partial charge in [0.2, 0.25) is 0 Å². The van der Waals surface area contributed by atoms with Crippen LogP contribution in [-0.2, 0) is 0 Å². The van der Waals surface area contributed by atoms with Gasteiger partial charge in [-0.3, -0.25) is 0 Å². The molecular weight excluding hydrogens is 761 g/mol. The van der Waals surface area contributed by atoms with Crippen molar-refractivity contribution in [3.8, 4) is 0 Å². The van der Waals surface area contributed by atoms with Gasteiger partial charge in [-0.2, -0.15) is 0 Å². The Bertz CT molecular complexity index is 1710. The van der Waals surface area contributed by atoms with Gasteiger partial charge in [0.15, 0.2) is 46.5 Å². The molecule has 54 heavy (non-hydrogen) atoms. The van der Waals surface area contributed by atoms with Crippen molar-refractivity contribution in [1.82, 2.24) is 0 Å². The molecule has 0 aliphatic heterocycles. The Kier molecular flexibility index (Phi) is 15.1. The van der Waals surface area contributed by atoms with E-state index in [0.29, 0.717) is 0 Å². The predicted molar refractivity (Wildman–Crippen MR) is 170 cm³/mol.